The Morgan fingerprint density at radius 1 is 1.18 bits per heavy atom. The van der Waals surface area contributed by atoms with E-state index in [0.29, 0.717) is 24.5 Å². The van der Waals surface area contributed by atoms with Gasteiger partial charge in [0.05, 0.1) is 24.3 Å². The second-order valence-corrected chi connectivity index (χ2v) is 9.12. The standard InChI is InChI=1S/C25H26FN5O2/c1-16-28-29-24-7-4-18(15-30(16)24)10-17-2-5-20(6-3-17)25(32)31-23(8-9-33-31)21-11-19(14-27)12-22(26)13-21/h4,7,11-13,15,17,20,23H,2-3,5-6,8-10H2,1H3/t17?,20?,23-/m0/s1. The molecule has 0 N–H and O–H groups in total. The van der Waals surface area contributed by atoms with Gasteiger partial charge in [-0.05, 0) is 80.3 Å². The molecule has 1 atom stereocenters. The Hall–Kier alpha value is -3.31. The predicted octanol–water partition coefficient (Wildman–Crippen LogP) is 4.30. The van der Waals surface area contributed by atoms with Crippen LogP contribution in [0.3, 0.4) is 0 Å². The van der Waals surface area contributed by atoms with Crippen molar-refractivity contribution in [3.05, 3.63) is 64.9 Å². The first-order chi connectivity index (χ1) is 16.0. The molecule has 3 heterocycles. The number of benzene rings is 1. The minimum atomic E-state index is -0.469. The van der Waals surface area contributed by atoms with Gasteiger partial charge in [-0.1, -0.05) is 6.07 Å². The number of hydrogen-bond acceptors (Lipinski definition) is 5. The first-order valence-electron chi connectivity index (χ1n) is 11.5. The van der Waals surface area contributed by atoms with Crippen molar-refractivity contribution in [3.63, 3.8) is 0 Å². The second-order valence-electron chi connectivity index (χ2n) is 9.12. The van der Waals surface area contributed by atoms with Crippen molar-refractivity contribution < 1.29 is 14.0 Å². The van der Waals surface area contributed by atoms with Crippen molar-refractivity contribution >= 4 is 11.6 Å². The highest BCUT2D eigenvalue weighted by Crippen LogP contribution is 2.37. The number of rotatable bonds is 4. The van der Waals surface area contributed by atoms with Gasteiger partial charge < -0.3 is 0 Å². The van der Waals surface area contributed by atoms with E-state index in [2.05, 4.69) is 22.5 Å². The van der Waals surface area contributed by atoms with E-state index in [-0.39, 0.29) is 23.4 Å². The van der Waals surface area contributed by atoms with Gasteiger partial charge in [0.1, 0.15) is 11.6 Å². The molecule has 1 saturated heterocycles. The Kier molecular flexibility index (Phi) is 5.81. The highest BCUT2D eigenvalue weighted by Gasteiger charge is 2.37. The normalized spacial score (nSPS) is 23.1. The van der Waals surface area contributed by atoms with Crippen LogP contribution in [-0.4, -0.2) is 32.2 Å². The lowest BCUT2D eigenvalue weighted by molar-refractivity contribution is -0.183. The van der Waals surface area contributed by atoms with E-state index in [1.165, 1.54) is 22.8 Å². The lowest BCUT2D eigenvalue weighted by Gasteiger charge is -2.32. The molecule has 33 heavy (non-hydrogen) atoms. The number of amides is 1. The Labute approximate surface area is 191 Å². The van der Waals surface area contributed by atoms with Crippen LogP contribution in [0.2, 0.25) is 0 Å². The monoisotopic (exact) mass is 447 g/mol. The van der Waals surface area contributed by atoms with Gasteiger partial charge in [-0.3, -0.25) is 14.0 Å². The third-order valence-corrected chi connectivity index (χ3v) is 6.91. The average Bonchev–Trinajstić information content (AvgIpc) is 3.46. The molecule has 1 saturated carbocycles. The molecule has 1 aromatic carbocycles. The molecule has 1 aliphatic heterocycles. The quantitative estimate of drug-likeness (QED) is 0.595. The van der Waals surface area contributed by atoms with Crippen molar-refractivity contribution in [2.24, 2.45) is 11.8 Å². The number of halogens is 1. The molecule has 2 fully saturated rings. The van der Waals surface area contributed by atoms with Crippen molar-refractivity contribution in [3.8, 4) is 6.07 Å². The summed E-state index contributed by atoms with van der Waals surface area (Å²) in [6.07, 6.45) is 7.27. The van der Waals surface area contributed by atoms with Crippen LogP contribution >= 0.6 is 0 Å². The average molecular weight is 448 g/mol. The first kappa shape index (κ1) is 21.5. The van der Waals surface area contributed by atoms with E-state index in [4.69, 9.17) is 10.1 Å². The number of hydrogen-bond donors (Lipinski definition) is 0. The number of hydroxylamine groups is 2. The number of pyridine rings is 1. The molecule has 5 rings (SSSR count). The Morgan fingerprint density at radius 3 is 2.79 bits per heavy atom. The fraction of sp³-hybridized carbons (Fsp3) is 0.440. The lowest BCUT2D eigenvalue weighted by atomic mass is 9.79. The highest BCUT2D eigenvalue weighted by atomic mass is 19.1. The molecular formula is C25H26FN5O2. The maximum Gasteiger partial charge on any atom is 0.249 e. The van der Waals surface area contributed by atoms with Gasteiger partial charge in [-0.15, -0.1) is 10.2 Å². The molecule has 2 aromatic heterocycles. The fourth-order valence-corrected chi connectivity index (χ4v) is 5.16. The van der Waals surface area contributed by atoms with Gasteiger partial charge in [0.25, 0.3) is 0 Å². The summed E-state index contributed by atoms with van der Waals surface area (Å²) in [7, 11) is 0. The number of carbonyl (C=O) groups excluding carboxylic acids is 1. The summed E-state index contributed by atoms with van der Waals surface area (Å²) in [4.78, 5) is 18.9. The molecule has 0 bridgehead atoms. The summed E-state index contributed by atoms with van der Waals surface area (Å²) >= 11 is 0. The minimum absolute atomic E-state index is 0.0275. The van der Waals surface area contributed by atoms with Crippen LogP contribution in [0.4, 0.5) is 4.39 Å². The van der Waals surface area contributed by atoms with Crippen molar-refractivity contribution in [1.29, 1.82) is 5.26 Å². The predicted molar refractivity (Wildman–Crippen MR) is 118 cm³/mol. The van der Waals surface area contributed by atoms with Gasteiger partial charge in [0.15, 0.2) is 5.65 Å². The Balaban J connectivity index is 1.22. The molecule has 0 spiro atoms. The van der Waals surface area contributed by atoms with Gasteiger partial charge in [0, 0.05) is 18.5 Å². The largest absolute Gasteiger partial charge is 0.286 e. The van der Waals surface area contributed by atoms with E-state index in [0.717, 1.165) is 43.6 Å². The first-order valence-corrected chi connectivity index (χ1v) is 11.5. The maximum absolute atomic E-state index is 14.0. The molecule has 1 amide bonds. The number of aromatic nitrogens is 3. The van der Waals surface area contributed by atoms with E-state index in [1.54, 1.807) is 6.07 Å². The van der Waals surface area contributed by atoms with Crippen LogP contribution in [-0.2, 0) is 16.1 Å². The molecule has 1 aliphatic carbocycles. The fourth-order valence-electron chi connectivity index (χ4n) is 5.16. The Bertz CT molecular complexity index is 1230. The number of fused-ring (bicyclic) bond motifs is 1. The summed E-state index contributed by atoms with van der Waals surface area (Å²) in [6, 6.07) is 9.99. The smallest absolute Gasteiger partial charge is 0.249 e. The van der Waals surface area contributed by atoms with Crippen LogP contribution in [0.15, 0.2) is 36.5 Å². The van der Waals surface area contributed by atoms with E-state index < -0.39 is 5.82 Å². The van der Waals surface area contributed by atoms with Crippen molar-refractivity contribution in [2.45, 2.75) is 51.5 Å². The van der Waals surface area contributed by atoms with Crippen LogP contribution < -0.4 is 0 Å². The highest BCUT2D eigenvalue weighted by molar-refractivity contribution is 5.78. The molecule has 170 valence electrons. The SMILES string of the molecule is Cc1nnc2ccc(CC3CCC(C(=O)N4OCC[C@H]4c4cc(F)cc(C#N)c4)CC3)cn12. The van der Waals surface area contributed by atoms with Gasteiger partial charge in [0.2, 0.25) is 5.91 Å². The van der Waals surface area contributed by atoms with Crippen LogP contribution in [0, 0.1) is 35.9 Å². The number of aryl methyl sites for hydroxylation is 1. The zero-order valence-corrected chi connectivity index (χ0v) is 18.6. The van der Waals surface area contributed by atoms with Gasteiger partial charge >= 0.3 is 0 Å². The molecule has 2 aliphatic rings. The topological polar surface area (TPSA) is 83.5 Å². The van der Waals surface area contributed by atoms with E-state index in [1.807, 2.05) is 23.5 Å². The molecule has 7 nitrogen and oxygen atoms in total. The summed E-state index contributed by atoms with van der Waals surface area (Å²) in [5, 5.41) is 18.8. The summed E-state index contributed by atoms with van der Waals surface area (Å²) in [5.74, 6) is 0.818. The third kappa shape index (κ3) is 4.33. The van der Waals surface area contributed by atoms with Crippen molar-refractivity contribution in [2.75, 3.05) is 6.61 Å². The zero-order chi connectivity index (χ0) is 22.9. The molecule has 3 aromatic rings. The van der Waals surface area contributed by atoms with Crippen LogP contribution in [0.5, 0.6) is 0 Å². The molecule has 8 heteroatoms. The lowest BCUT2D eigenvalue weighted by Crippen LogP contribution is -2.36. The van der Waals surface area contributed by atoms with Gasteiger partial charge in [-0.25, -0.2) is 9.45 Å². The molecule has 0 unspecified atom stereocenters. The van der Waals surface area contributed by atoms with E-state index in [9.17, 15) is 9.18 Å². The van der Waals surface area contributed by atoms with Crippen LogP contribution in [0.1, 0.15) is 60.7 Å². The zero-order valence-electron chi connectivity index (χ0n) is 18.6. The van der Waals surface area contributed by atoms with Crippen molar-refractivity contribution in [1.82, 2.24) is 19.7 Å². The second kappa shape index (κ2) is 8.91. The van der Waals surface area contributed by atoms with Crippen LogP contribution in [0.25, 0.3) is 5.65 Å². The Morgan fingerprint density at radius 2 is 2.00 bits per heavy atom. The number of nitrogens with zero attached hydrogens (tertiary/aromatic N) is 5. The number of nitriles is 1. The van der Waals surface area contributed by atoms with Gasteiger partial charge in [-0.2, -0.15) is 5.26 Å². The van der Waals surface area contributed by atoms with E-state index >= 15 is 0 Å². The maximum atomic E-state index is 14.0. The third-order valence-electron chi connectivity index (χ3n) is 6.91. The molecule has 0 radical (unpaired) electrons. The minimum Gasteiger partial charge on any atom is -0.286 e. The summed E-state index contributed by atoms with van der Waals surface area (Å²) < 4.78 is 16.0. The number of carbonyl (C=O) groups is 1. The summed E-state index contributed by atoms with van der Waals surface area (Å²) in [6.45, 7) is 2.36. The summed E-state index contributed by atoms with van der Waals surface area (Å²) in [5.41, 5.74) is 2.98. The molecular weight excluding hydrogens is 421 g/mol.